The quantitative estimate of drug-likeness (QED) is 0.396. The molecular formula is C24H24ClN5O3. The van der Waals surface area contributed by atoms with E-state index in [-0.39, 0.29) is 12.0 Å². The largest absolute Gasteiger partial charge is 0.382 e. The first kappa shape index (κ1) is 21.8. The molecule has 4 aromatic rings. The Bertz CT molecular complexity index is 1190. The van der Waals surface area contributed by atoms with E-state index >= 15 is 0 Å². The normalized spacial score (nSPS) is 22.7. The average molecular weight is 466 g/mol. The van der Waals surface area contributed by atoms with Crippen molar-refractivity contribution >= 4 is 28.6 Å². The van der Waals surface area contributed by atoms with Gasteiger partial charge in [0.1, 0.15) is 30.2 Å². The van der Waals surface area contributed by atoms with Gasteiger partial charge in [-0.3, -0.25) is 4.57 Å². The van der Waals surface area contributed by atoms with Gasteiger partial charge in [0, 0.05) is 0 Å². The van der Waals surface area contributed by atoms with Crippen LogP contribution < -0.4 is 5.73 Å². The van der Waals surface area contributed by atoms with E-state index in [2.05, 4.69) is 15.0 Å². The summed E-state index contributed by atoms with van der Waals surface area (Å²) in [4.78, 5) is 12.8. The fourth-order valence-corrected chi connectivity index (χ4v) is 4.27. The Morgan fingerprint density at radius 2 is 1.52 bits per heavy atom. The van der Waals surface area contributed by atoms with Gasteiger partial charge in [0.25, 0.3) is 0 Å². The van der Waals surface area contributed by atoms with Gasteiger partial charge < -0.3 is 19.9 Å². The first-order chi connectivity index (χ1) is 16.2. The summed E-state index contributed by atoms with van der Waals surface area (Å²) in [5, 5.41) is 0. The Morgan fingerprint density at radius 3 is 2.15 bits per heavy atom. The lowest BCUT2D eigenvalue weighted by molar-refractivity contribution is -0.0893. The van der Waals surface area contributed by atoms with Crippen LogP contribution in [0.25, 0.3) is 11.2 Å². The highest BCUT2D eigenvalue weighted by Gasteiger charge is 2.47. The SMILES string of the molecule is Nc1ncnc2c1ncn2C1OC(CCl)C(OCc2ccccc2)C1OCc1ccccc1. The van der Waals surface area contributed by atoms with E-state index in [9.17, 15) is 0 Å². The number of ether oxygens (including phenoxy) is 3. The van der Waals surface area contributed by atoms with Crippen LogP contribution in [0.5, 0.6) is 0 Å². The smallest absolute Gasteiger partial charge is 0.167 e. The van der Waals surface area contributed by atoms with Gasteiger partial charge in [0.15, 0.2) is 17.7 Å². The molecule has 0 spiro atoms. The fraction of sp³-hybridized carbons (Fsp3) is 0.292. The predicted octanol–water partition coefficient (Wildman–Crippen LogP) is 3.72. The Morgan fingerprint density at radius 1 is 0.879 bits per heavy atom. The number of nitrogens with two attached hydrogens (primary N) is 1. The molecule has 0 saturated carbocycles. The van der Waals surface area contributed by atoms with E-state index in [1.165, 1.54) is 6.33 Å². The standard InChI is InChI=1S/C24H24ClN5O3/c25-11-18-20(31-12-16-7-3-1-4-8-16)21(32-13-17-9-5-2-6-10-17)24(33-18)30-15-29-19-22(26)27-14-28-23(19)30/h1-10,14-15,18,20-21,24H,11-13H2,(H2,26,27,28). The lowest BCUT2D eigenvalue weighted by Crippen LogP contribution is -2.37. The Hall–Kier alpha value is -3.04. The number of rotatable bonds is 8. The number of nitrogens with zero attached hydrogens (tertiary/aromatic N) is 4. The van der Waals surface area contributed by atoms with Crippen molar-refractivity contribution in [3.63, 3.8) is 0 Å². The van der Waals surface area contributed by atoms with Gasteiger partial charge in [0.05, 0.1) is 25.4 Å². The zero-order valence-electron chi connectivity index (χ0n) is 17.8. The lowest BCUT2D eigenvalue weighted by atomic mass is 10.1. The molecule has 170 valence electrons. The van der Waals surface area contributed by atoms with Crippen molar-refractivity contribution in [3.8, 4) is 0 Å². The minimum absolute atomic E-state index is 0.255. The van der Waals surface area contributed by atoms with E-state index in [1.807, 2.05) is 65.2 Å². The number of anilines is 1. The van der Waals surface area contributed by atoms with Crippen LogP contribution >= 0.6 is 11.6 Å². The molecule has 0 bridgehead atoms. The second-order valence-electron chi connectivity index (χ2n) is 7.82. The monoisotopic (exact) mass is 465 g/mol. The molecule has 1 aliphatic heterocycles. The molecule has 1 aliphatic rings. The third kappa shape index (κ3) is 4.56. The van der Waals surface area contributed by atoms with Crippen molar-refractivity contribution in [1.82, 2.24) is 19.5 Å². The lowest BCUT2D eigenvalue weighted by Gasteiger charge is -2.25. The minimum Gasteiger partial charge on any atom is -0.382 e. The van der Waals surface area contributed by atoms with Crippen molar-refractivity contribution in [3.05, 3.63) is 84.4 Å². The maximum Gasteiger partial charge on any atom is 0.167 e. The van der Waals surface area contributed by atoms with Gasteiger partial charge in [-0.25, -0.2) is 15.0 Å². The number of halogens is 1. The molecule has 5 rings (SSSR count). The second kappa shape index (κ2) is 9.84. The van der Waals surface area contributed by atoms with Gasteiger partial charge in [0.2, 0.25) is 0 Å². The Balaban J connectivity index is 1.45. The summed E-state index contributed by atoms with van der Waals surface area (Å²) in [6.45, 7) is 0.815. The number of benzene rings is 2. The zero-order valence-corrected chi connectivity index (χ0v) is 18.6. The molecular weight excluding hydrogens is 442 g/mol. The number of hydrogen-bond donors (Lipinski definition) is 1. The van der Waals surface area contributed by atoms with Crippen LogP contribution in [0.15, 0.2) is 73.3 Å². The molecule has 2 aromatic heterocycles. The van der Waals surface area contributed by atoms with Crippen molar-refractivity contribution in [2.45, 2.75) is 37.8 Å². The zero-order chi connectivity index (χ0) is 22.6. The second-order valence-corrected chi connectivity index (χ2v) is 8.13. The van der Waals surface area contributed by atoms with Crippen LogP contribution in [0.1, 0.15) is 17.4 Å². The maximum atomic E-state index is 6.41. The van der Waals surface area contributed by atoms with E-state index in [0.29, 0.717) is 30.2 Å². The van der Waals surface area contributed by atoms with Crippen molar-refractivity contribution in [1.29, 1.82) is 0 Å². The molecule has 4 atom stereocenters. The summed E-state index contributed by atoms with van der Waals surface area (Å²) < 4.78 is 20.9. The van der Waals surface area contributed by atoms with Crippen LogP contribution in [0.3, 0.4) is 0 Å². The molecule has 4 unspecified atom stereocenters. The first-order valence-electron chi connectivity index (χ1n) is 10.7. The highest BCUT2D eigenvalue weighted by atomic mass is 35.5. The summed E-state index contributed by atoms with van der Waals surface area (Å²) in [6, 6.07) is 20.0. The Labute approximate surface area is 196 Å². The van der Waals surface area contributed by atoms with Gasteiger partial charge in [-0.2, -0.15) is 0 Å². The topological polar surface area (TPSA) is 97.3 Å². The fourth-order valence-electron chi connectivity index (χ4n) is 4.02. The molecule has 0 amide bonds. The maximum absolute atomic E-state index is 6.41. The molecule has 33 heavy (non-hydrogen) atoms. The molecule has 0 radical (unpaired) electrons. The predicted molar refractivity (Wildman–Crippen MR) is 124 cm³/mol. The number of fused-ring (bicyclic) bond motifs is 1. The van der Waals surface area contributed by atoms with Crippen LogP contribution in [0.4, 0.5) is 5.82 Å². The minimum atomic E-state index is -0.544. The number of hydrogen-bond acceptors (Lipinski definition) is 7. The molecule has 0 aliphatic carbocycles. The summed E-state index contributed by atoms with van der Waals surface area (Å²) in [6.07, 6.45) is 1.28. The highest BCUT2D eigenvalue weighted by molar-refractivity contribution is 6.18. The summed E-state index contributed by atoms with van der Waals surface area (Å²) in [5.41, 5.74) is 9.18. The van der Waals surface area contributed by atoms with E-state index in [4.69, 9.17) is 31.5 Å². The van der Waals surface area contributed by atoms with E-state index in [0.717, 1.165) is 11.1 Å². The van der Waals surface area contributed by atoms with Crippen LogP contribution in [-0.4, -0.2) is 43.7 Å². The van der Waals surface area contributed by atoms with Gasteiger partial charge in [-0.05, 0) is 11.1 Å². The average Bonchev–Trinajstić information content (AvgIpc) is 3.44. The first-order valence-corrected chi connectivity index (χ1v) is 11.2. The van der Waals surface area contributed by atoms with Gasteiger partial charge in [-0.15, -0.1) is 11.6 Å². The summed E-state index contributed by atoms with van der Waals surface area (Å²) in [7, 11) is 0. The molecule has 1 saturated heterocycles. The van der Waals surface area contributed by atoms with Crippen molar-refractivity contribution in [2.75, 3.05) is 11.6 Å². The van der Waals surface area contributed by atoms with Crippen LogP contribution in [0, 0.1) is 0 Å². The number of alkyl halides is 1. The summed E-state index contributed by atoms with van der Waals surface area (Å²) in [5.74, 6) is 0.564. The van der Waals surface area contributed by atoms with E-state index < -0.39 is 18.4 Å². The van der Waals surface area contributed by atoms with Gasteiger partial charge in [-0.1, -0.05) is 60.7 Å². The van der Waals surface area contributed by atoms with E-state index in [1.54, 1.807) is 6.33 Å². The molecule has 9 heteroatoms. The van der Waals surface area contributed by atoms with Gasteiger partial charge >= 0.3 is 0 Å². The third-order valence-electron chi connectivity index (χ3n) is 5.67. The van der Waals surface area contributed by atoms with Crippen molar-refractivity contribution in [2.24, 2.45) is 0 Å². The highest BCUT2D eigenvalue weighted by Crippen LogP contribution is 2.37. The van der Waals surface area contributed by atoms with Crippen LogP contribution in [0.2, 0.25) is 0 Å². The number of nitrogen functional groups attached to an aromatic ring is 1. The third-order valence-corrected chi connectivity index (χ3v) is 5.97. The summed E-state index contributed by atoms with van der Waals surface area (Å²) >= 11 is 6.31. The molecule has 2 N–H and O–H groups in total. The molecule has 2 aromatic carbocycles. The number of aromatic nitrogens is 4. The molecule has 3 heterocycles. The Kier molecular flexibility index (Phi) is 6.50. The van der Waals surface area contributed by atoms with Crippen molar-refractivity contribution < 1.29 is 14.2 Å². The molecule has 8 nitrogen and oxygen atoms in total. The van der Waals surface area contributed by atoms with Crippen LogP contribution in [-0.2, 0) is 27.4 Å². The molecule has 1 fully saturated rings. The number of imidazole rings is 1.